The second-order valence-electron chi connectivity index (χ2n) is 5.83. The van der Waals surface area contributed by atoms with Gasteiger partial charge in [-0.1, -0.05) is 13.8 Å². The highest BCUT2D eigenvalue weighted by Gasteiger charge is 2.15. The van der Waals surface area contributed by atoms with Crippen molar-refractivity contribution in [1.82, 2.24) is 9.88 Å². The van der Waals surface area contributed by atoms with Crippen LogP contribution in [0.3, 0.4) is 0 Å². The number of fused-ring (bicyclic) bond motifs is 1. The maximum absolute atomic E-state index is 11.4. The molecule has 0 spiro atoms. The van der Waals surface area contributed by atoms with Crippen LogP contribution < -0.4 is 4.74 Å². The Balaban J connectivity index is 2.06. The molecule has 2 rings (SSSR count). The molecule has 1 aromatic heterocycles. The van der Waals surface area contributed by atoms with E-state index in [1.54, 1.807) is 6.92 Å². The molecule has 126 valence electrons. The summed E-state index contributed by atoms with van der Waals surface area (Å²) in [6, 6.07) is 5.57. The fourth-order valence-electron chi connectivity index (χ4n) is 2.93. The van der Waals surface area contributed by atoms with Crippen LogP contribution in [0.2, 0.25) is 0 Å². The minimum atomic E-state index is -0.914. The Kier molecular flexibility index (Phi) is 6.04. The smallest absolute Gasteiger partial charge is 0.338 e. The van der Waals surface area contributed by atoms with Crippen LogP contribution in [0.15, 0.2) is 18.2 Å². The minimum Gasteiger partial charge on any atom is -0.492 e. The van der Waals surface area contributed by atoms with Gasteiger partial charge >= 0.3 is 5.97 Å². The van der Waals surface area contributed by atoms with Crippen LogP contribution in [0.1, 0.15) is 42.7 Å². The molecule has 0 unspecified atom stereocenters. The molecule has 5 nitrogen and oxygen atoms in total. The van der Waals surface area contributed by atoms with Crippen LogP contribution >= 0.6 is 0 Å². The quantitative estimate of drug-likeness (QED) is 0.740. The summed E-state index contributed by atoms with van der Waals surface area (Å²) in [7, 11) is 0. The van der Waals surface area contributed by atoms with Crippen molar-refractivity contribution in [3.05, 3.63) is 29.5 Å². The van der Waals surface area contributed by atoms with Crippen LogP contribution in [0.25, 0.3) is 10.9 Å². The lowest BCUT2D eigenvalue weighted by Crippen LogP contribution is -2.30. The third-order valence-corrected chi connectivity index (χ3v) is 3.93. The summed E-state index contributed by atoms with van der Waals surface area (Å²) in [6.45, 7) is 9.79. The van der Waals surface area contributed by atoms with E-state index >= 15 is 0 Å². The van der Waals surface area contributed by atoms with Crippen molar-refractivity contribution in [2.24, 2.45) is 0 Å². The lowest BCUT2D eigenvalue weighted by molar-refractivity contribution is 0.0698. The standard InChI is InChI=1S/C18H26N2O3/c1-4-8-20(9-5-2)10-11-23-14-6-7-16-15(12-14)17(18(21)22)13(3)19-16/h6-7,12,19H,4-5,8-11H2,1-3H3,(H,21,22). The summed E-state index contributed by atoms with van der Waals surface area (Å²) < 4.78 is 5.83. The molecule has 5 heteroatoms. The molecular weight excluding hydrogens is 292 g/mol. The van der Waals surface area contributed by atoms with Gasteiger partial charge in [-0.05, 0) is 51.1 Å². The summed E-state index contributed by atoms with van der Waals surface area (Å²) in [5.74, 6) is -0.199. The Bertz CT molecular complexity index is 658. The van der Waals surface area contributed by atoms with Crippen LogP contribution in [0.4, 0.5) is 0 Å². The van der Waals surface area contributed by atoms with Crippen molar-refractivity contribution in [2.75, 3.05) is 26.2 Å². The van der Waals surface area contributed by atoms with Gasteiger partial charge in [0, 0.05) is 23.1 Å². The molecule has 0 aliphatic carbocycles. The SMILES string of the molecule is CCCN(CCC)CCOc1ccc2[nH]c(C)c(C(=O)O)c2c1. The van der Waals surface area contributed by atoms with Gasteiger partial charge in [0.25, 0.3) is 0 Å². The van der Waals surface area contributed by atoms with Crippen LogP contribution in [0.5, 0.6) is 5.75 Å². The predicted octanol–water partition coefficient (Wildman–Crippen LogP) is 3.68. The van der Waals surface area contributed by atoms with Gasteiger partial charge in [-0.25, -0.2) is 4.79 Å². The van der Waals surface area contributed by atoms with Gasteiger partial charge in [-0.2, -0.15) is 0 Å². The van der Waals surface area contributed by atoms with Crippen molar-refractivity contribution >= 4 is 16.9 Å². The Morgan fingerprint density at radius 2 is 1.91 bits per heavy atom. The van der Waals surface area contributed by atoms with E-state index in [4.69, 9.17) is 4.74 Å². The number of hydrogen-bond donors (Lipinski definition) is 2. The highest BCUT2D eigenvalue weighted by Crippen LogP contribution is 2.26. The van der Waals surface area contributed by atoms with E-state index in [9.17, 15) is 9.90 Å². The molecule has 0 radical (unpaired) electrons. The van der Waals surface area contributed by atoms with Crippen molar-refractivity contribution in [3.8, 4) is 5.75 Å². The normalized spacial score (nSPS) is 11.3. The van der Waals surface area contributed by atoms with Crippen molar-refractivity contribution < 1.29 is 14.6 Å². The van der Waals surface area contributed by atoms with E-state index in [0.717, 1.165) is 38.0 Å². The van der Waals surface area contributed by atoms with E-state index in [0.29, 0.717) is 29.0 Å². The summed E-state index contributed by atoms with van der Waals surface area (Å²) in [5.41, 5.74) is 1.82. The number of aryl methyl sites for hydroxylation is 1. The molecule has 0 aliphatic rings. The van der Waals surface area contributed by atoms with Gasteiger partial charge in [-0.15, -0.1) is 0 Å². The molecule has 2 aromatic rings. The van der Waals surface area contributed by atoms with Gasteiger partial charge < -0.3 is 14.8 Å². The molecule has 2 N–H and O–H groups in total. The maximum atomic E-state index is 11.4. The zero-order valence-corrected chi connectivity index (χ0v) is 14.2. The zero-order valence-electron chi connectivity index (χ0n) is 14.2. The lowest BCUT2D eigenvalue weighted by atomic mass is 10.1. The summed E-state index contributed by atoms with van der Waals surface area (Å²) >= 11 is 0. The van der Waals surface area contributed by atoms with Gasteiger partial charge in [-0.3, -0.25) is 4.90 Å². The fourth-order valence-corrected chi connectivity index (χ4v) is 2.93. The molecule has 23 heavy (non-hydrogen) atoms. The average Bonchev–Trinajstić information content (AvgIpc) is 2.83. The van der Waals surface area contributed by atoms with Crippen molar-refractivity contribution in [2.45, 2.75) is 33.6 Å². The fraction of sp³-hybridized carbons (Fsp3) is 0.500. The lowest BCUT2D eigenvalue weighted by Gasteiger charge is -2.20. The van der Waals surface area contributed by atoms with Crippen molar-refractivity contribution in [3.63, 3.8) is 0 Å². The van der Waals surface area contributed by atoms with E-state index in [1.807, 2.05) is 18.2 Å². The van der Waals surface area contributed by atoms with Crippen LogP contribution in [0, 0.1) is 6.92 Å². The number of carboxylic acids is 1. The molecule has 0 bridgehead atoms. The summed E-state index contributed by atoms with van der Waals surface area (Å²) in [5, 5.41) is 10.0. The van der Waals surface area contributed by atoms with E-state index in [-0.39, 0.29) is 0 Å². The second kappa shape index (κ2) is 8.02. The van der Waals surface area contributed by atoms with E-state index in [2.05, 4.69) is 23.7 Å². The molecular formula is C18H26N2O3. The molecule has 0 amide bonds. The maximum Gasteiger partial charge on any atom is 0.338 e. The molecule has 1 heterocycles. The Labute approximate surface area is 137 Å². The number of H-pyrrole nitrogens is 1. The topological polar surface area (TPSA) is 65.6 Å². The third-order valence-electron chi connectivity index (χ3n) is 3.93. The molecule has 1 aromatic carbocycles. The molecule has 0 atom stereocenters. The molecule has 0 fully saturated rings. The predicted molar refractivity (Wildman–Crippen MR) is 92.5 cm³/mol. The van der Waals surface area contributed by atoms with E-state index < -0.39 is 5.97 Å². The number of carboxylic acid groups (broad SMARTS) is 1. The number of aromatic carboxylic acids is 1. The Hall–Kier alpha value is -2.01. The van der Waals surface area contributed by atoms with Gasteiger partial charge in [0.15, 0.2) is 0 Å². The first kappa shape index (κ1) is 17.3. The third kappa shape index (κ3) is 4.26. The summed E-state index contributed by atoms with van der Waals surface area (Å²) in [6.07, 6.45) is 2.27. The number of rotatable bonds is 9. The monoisotopic (exact) mass is 318 g/mol. The van der Waals surface area contributed by atoms with Crippen molar-refractivity contribution in [1.29, 1.82) is 0 Å². The number of nitrogens with one attached hydrogen (secondary N) is 1. The number of nitrogens with zero attached hydrogens (tertiary/aromatic N) is 1. The van der Waals surface area contributed by atoms with Gasteiger partial charge in [0.1, 0.15) is 12.4 Å². The Morgan fingerprint density at radius 1 is 1.22 bits per heavy atom. The molecule has 0 aliphatic heterocycles. The number of carbonyl (C=O) groups is 1. The number of hydrogen-bond acceptors (Lipinski definition) is 3. The Morgan fingerprint density at radius 3 is 2.52 bits per heavy atom. The number of aromatic amines is 1. The largest absolute Gasteiger partial charge is 0.492 e. The second-order valence-corrected chi connectivity index (χ2v) is 5.83. The minimum absolute atomic E-state index is 0.323. The molecule has 0 saturated heterocycles. The van der Waals surface area contributed by atoms with Crippen LogP contribution in [-0.4, -0.2) is 47.2 Å². The van der Waals surface area contributed by atoms with Gasteiger partial charge in [0.05, 0.1) is 5.56 Å². The highest BCUT2D eigenvalue weighted by molar-refractivity contribution is 6.05. The first-order valence-corrected chi connectivity index (χ1v) is 8.27. The first-order chi connectivity index (χ1) is 11.1. The first-order valence-electron chi connectivity index (χ1n) is 8.27. The molecule has 0 saturated carbocycles. The zero-order chi connectivity index (χ0) is 16.8. The van der Waals surface area contributed by atoms with Gasteiger partial charge in [0.2, 0.25) is 0 Å². The highest BCUT2D eigenvalue weighted by atomic mass is 16.5. The number of ether oxygens (including phenoxy) is 1. The number of benzene rings is 1. The summed E-state index contributed by atoms with van der Waals surface area (Å²) in [4.78, 5) is 16.9. The van der Waals surface area contributed by atoms with E-state index in [1.165, 1.54) is 0 Å². The number of aromatic nitrogens is 1. The van der Waals surface area contributed by atoms with Crippen LogP contribution in [-0.2, 0) is 0 Å². The average molecular weight is 318 g/mol.